The van der Waals surface area contributed by atoms with E-state index in [1.807, 2.05) is 0 Å². The molecular weight excluding hydrogens is 314 g/mol. The highest BCUT2D eigenvalue weighted by Gasteiger charge is 2.12. The number of carboxylic acid groups (broad SMARTS) is 1. The third kappa shape index (κ3) is 17.3. The van der Waals surface area contributed by atoms with Crippen molar-refractivity contribution in [3.8, 4) is 0 Å². The first kappa shape index (κ1) is 23.7. The van der Waals surface area contributed by atoms with E-state index in [1.54, 1.807) is 0 Å². The van der Waals surface area contributed by atoms with Crippen LogP contribution in [0.5, 0.6) is 0 Å². The highest BCUT2D eigenvalue weighted by Crippen LogP contribution is 2.10. The van der Waals surface area contributed by atoms with E-state index in [4.69, 9.17) is 5.11 Å². The minimum atomic E-state index is -0.989. The lowest BCUT2D eigenvalue weighted by Crippen LogP contribution is -2.38. The Morgan fingerprint density at radius 2 is 1.32 bits per heavy atom. The number of rotatable bonds is 17. The number of unbranched alkanes of at least 4 members (excludes halogenated alkanes) is 11. The standard InChI is InChI=1S/C21H39NO3/c1-3-4-5-6-7-8-9-10-11-12-13-14-15-16-17-18-20(23)22-19(2)21(24)25/h11-12,19H,3-10,13-18H2,1-2H3,(H,22,23)(H,24,25)/b12-11+. The van der Waals surface area contributed by atoms with Crippen LogP contribution in [0.3, 0.4) is 0 Å². The lowest BCUT2D eigenvalue weighted by Gasteiger charge is -2.08. The van der Waals surface area contributed by atoms with Crippen molar-refractivity contribution in [1.29, 1.82) is 0 Å². The number of carbonyl (C=O) groups excluding carboxylic acids is 1. The van der Waals surface area contributed by atoms with Crippen molar-refractivity contribution < 1.29 is 14.7 Å². The van der Waals surface area contributed by atoms with Crippen LogP contribution in [0.15, 0.2) is 12.2 Å². The van der Waals surface area contributed by atoms with Gasteiger partial charge in [0.15, 0.2) is 0 Å². The summed E-state index contributed by atoms with van der Waals surface area (Å²) >= 11 is 0. The van der Waals surface area contributed by atoms with E-state index in [0.717, 1.165) is 25.7 Å². The quantitative estimate of drug-likeness (QED) is 0.264. The van der Waals surface area contributed by atoms with Crippen LogP contribution in [0.25, 0.3) is 0 Å². The first-order valence-electron chi connectivity index (χ1n) is 10.2. The lowest BCUT2D eigenvalue weighted by molar-refractivity contribution is -0.141. The van der Waals surface area contributed by atoms with Gasteiger partial charge in [-0.3, -0.25) is 9.59 Å². The second-order valence-corrected chi connectivity index (χ2v) is 6.96. The molecule has 0 fully saturated rings. The number of carboxylic acids is 1. The van der Waals surface area contributed by atoms with E-state index in [-0.39, 0.29) is 5.91 Å². The SMILES string of the molecule is CCCCCCCCC/C=C/CCCCCCC(=O)NC(C)C(=O)O. The van der Waals surface area contributed by atoms with Gasteiger partial charge in [0.1, 0.15) is 6.04 Å². The van der Waals surface area contributed by atoms with E-state index >= 15 is 0 Å². The van der Waals surface area contributed by atoms with Crippen molar-refractivity contribution in [2.75, 3.05) is 0 Å². The molecule has 0 spiro atoms. The highest BCUT2D eigenvalue weighted by molar-refractivity contribution is 5.83. The third-order valence-electron chi connectivity index (χ3n) is 4.41. The Morgan fingerprint density at radius 1 is 0.840 bits per heavy atom. The van der Waals surface area contributed by atoms with Crippen molar-refractivity contribution in [3.05, 3.63) is 12.2 Å². The third-order valence-corrected chi connectivity index (χ3v) is 4.41. The first-order chi connectivity index (χ1) is 12.1. The Labute approximate surface area is 154 Å². The average Bonchev–Trinajstić information content (AvgIpc) is 2.58. The molecule has 1 amide bonds. The fourth-order valence-electron chi connectivity index (χ4n) is 2.73. The largest absolute Gasteiger partial charge is 0.480 e. The van der Waals surface area contributed by atoms with Gasteiger partial charge >= 0.3 is 5.97 Å². The van der Waals surface area contributed by atoms with Crippen molar-refractivity contribution in [2.24, 2.45) is 0 Å². The normalized spacial score (nSPS) is 12.4. The Hall–Kier alpha value is -1.32. The maximum absolute atomic E-state index is 11.5. The number of carbonyl (C=O) groups is 2. The molecule has 0 aromatic rings. The van der Waals surface area contributed by atoms with Gasteiger partial charge in [0.05, 0.1) is 0 Å². The van der Waals surface area contributed by atoms with Crippen LogP contribution in [0, 0.1) is 0 Å². The summed E-state index contributed by atoms with van der Waals surface area (Å²) in [5.74, 6) is -1.15. The Kier molecular flexibility index (Phi) is 16.6. The van der Waals surface area contributed by atoms with Crippen molar-refractivity contribution in [2.45, 2.75) is 110 Å². The van der Waals surface area contributed by atoms with Gasteiger partial charge in [0, 0.05) is 6.42 Å². The van der Waals surface area contributed by atoms with Gasteiger partial charge in [-0.1, -0.05) is 70.4 Å². The van der Waals surface area contributed by atoms with Crippen LogP contribution in [0.2, 0.25) is 0 Å². The smallest absolute Gasteiger partial charge is 0.325 e. The molecule has 0 aliphatic carbocycles. The van der Waals surface area contributed by atoms with E-state index in [2.05, 4.69) is 24.4 Å². The van der Waals surface area contributed by atoms with Crippen molar-refractivity contribution in [1.82, 2.24) is 5.32 Å². The van der Waals surface area contributed by atoms with Crippen LogP contribution in [-0.4, -0.2) is 23.0 Å². The zero-order valence-corrected chi connectivity index (χ0v) is 16.4. The molecule has 0 aromatic heterocycles. The Morgan fingerprint density at radius 3 is 1.84 bits per heavy atom. The molecule has 0 rings (SSSR count). The number of allylic oxidation sites excluding steroid dienone is 2. The van der Waals surface area contributed by atoms with E-state index in [9.17, 15) is 9.59 Å². The zero-order chi connectivity index (χ0) is 18.8. The molecule has 0 aromatic carbocycles. The Balaban J connectivity index is 3.30. The lowest BCUT2D eigenvalue weighted by atomic mass is 10.1. The average molecular weight is 354 g/mol. The number of aliphatic carboxylic acids is 1. The van der Waals surface area contributed by atoms with Crippen LogP contribution in [-0.2, 0) is 9.59 Å². The van der Waals surface area contributed by atoms with Gasteiger partial charge in [-0.15, -0.1) is 0 Å². The second-order valence-electron chi connectivity index (χ2n) is 6.96. The molecule has 0 radical (unpaired) electrons. The molecule has 0 bridgehead atoms. The minimum Gasteiger partial charge on any atom is -0.480 e. The molecule has 0 heterocycles. The van der Waals surface area contributed by atoms with Gasteiger partial charge in [0.25, 0.3) is 0 Å². The Bertz CT molecular complexity index is 366. The second kappa shape index (κ2) is 17.5. The molecule has 1 unspecified atom stereocenters. The molecule has 0 aliphatic heterocycles. The first-order valence-corrected chi connectivity index (χ1v) is 10.2. The molecule has 2 N–H and O–H groups in total. The minimum absolute atomic E-state index is 0.163. The van der Waals surface area contributed by atoms with Gasteiger partial charge in [-0.25, -0.2) is 0 Å². The van der Waals surface area contributed by atoms with Crippen molar-refractivity contribution >= 4 is 11.9 Å². The van der Waals surface area contributed by atoms with E-state index in [1.165, 1.54) is 64.7 Å². The van der Waals surface area contributed by atoms with Crippen LogP contribution in [0.1, 0.15) is 104 Å². The summed E-state index contributed by atoms with van der Waals surface area (Å²) in [5, 5.41) is 11.2. The summed E-state index contributed by atoms with van der Waals surface area (Å²) < 4.78 is 0. The summed E-state index contributed by atoms with van der Waals surface area (Å²) in [7, 11) is 0. The number of nitrogens with one attached hydrogen (secondary N) is 1. The fraction of sp³-hybridized carbons (Fsp3) is 0.810. The van der Waals surface area contributed by atoms with Gasteiger partial charge in [-0.05, 0) is 39.0 Å². The summed E-state index contributed by atoms with van der Waals surface area (Å²) in [6, 6.07) is -0.797. The molecule has 25 heavy (non-hydrogen) atoms. The molecule has 146 valence electrons. The van der Waals surface area contributed by atoms with E-state index in [0.29, 0.717) is 6.42 Å². The van der Waals surface area contributed by atoms with Crippen molar-refractivity contribution in [3.63, 3.8) is 0 Å². The van der Waals surface area contributed by atoms with Crippen LogP contribution in [0.4, 0.5) is 0 Å². The summed E-state index contributed by atoms with van der Waals surface area (Å²) in [6.45, 7) is 3.74. The predicted molar refractivity (Wildman–Crippen MR) is 105 cm³/mol. The topological polar surface area (TPSA) is 66.4 Å². The van der Waals surface area contributed by atoms with Gasteiger partial charge < -0.3 is 10.4 Å². The molecule has 4 nitrogen and oxygen atoms in total. The molecule has 0 saturated heterocycles. The summed E-state index contributed by atoms with van der Waals surface area (Å²) in [6.07, 6.45) is 21.1. The predicted octanol–water partition coefficient (Wildman–Crippen LogP) is 5.61. The van der Waals surface area contributed by atoms with Gasteiger partial charge in [0.2, 0.25) is 5.91 Å². The summed E-state index contributed by atoms with van der Waals surface area (Å²) in [5.41, 5.74) is 0. The van der Waals surface area contributed by atoms with Crippen LogP contribution >= 0.6 is 0 Å². The molecular formula is C21H39NO3. The maximum atomic E-state index is 11.5. The highest BCUT2D eigenvalue weighted by atomic mass is 16.4. The monoisotopic (exact) mass is 353 g/mol. The molecule has 4 heteroatoms. The number of hydrogen-bond acceptors (Lipinski definition) is 2. The summed E-state index contributed by atoms with van der Waals surface area (Å²) in [4.78, 5) is 22.1. The van der Waals surface area contributed by atoms with Gasteiger partial charge in [-0.2, -0.15) is 0 Å². The molecule has 0 saturated carbocycles. The maximum Gasteiger partial charge on any atom is 0.325 e. The van der Waals surface area contributed by atoms with Crippen LogP contribution < -0.4 is 5.32 Å². The number of amides is 1. The fourth-order valence-corrected chi connectivity index (χ4v) is 2.73. The molecule has 1 atom stereocenters. The van der Waals surface area contributed by atoms with E-state index < -0.39 is 12.0 Å². The molecule has 0 aliphatic rings. The number of hydrogen-bond donors (Lipinski definition) is 2. The zero-order valence-electron chi connectivity index (χ0n) is 16.4.